The smallest absolute Gasteiger partial charge is 0.336 e. The first-order valence-corrected chi connectivity index (χ1v) is 8.19. The van der Waals surface area contributed by atoms with Crippen molar-refractivity contribution in [3.05, 3.63) is 50.5 Å². The lowest BCUT2D eigenvalue weighted by Gasteiger charge is -2.01. The monoisotopic (exact) mass is 378 g/mol. The summed E-state index contributed by atoms with van der Waals surface area (Å²) in [5.41, 5.74) is 2.77. The van der Waals surface area contributed by atoms with Crippen LogP contribution >= 0.6 is 11.3 Å². The van der Waals surface area contributed by atoms with Gasteiger partial charge in [-0.2, -0.15) is 5.10 Å². The molecule has 0 radical (unpaired) electrons. The molecule has 136 valence electrons. The molecule has 26 heavy (non-hydrogen) atoms. The van der Waals surface area contributed by atoms with E-state index in [2.05, 4.69) is 15.5 Å². The molecule has 11 heteroatoms. The van der Waals surface area contributed by atoms with Crippen LogP contribution in [-0.4, -0.2) is 39.8 Å². The molecule has 0 unspecified atom stereocenters. The number of hydrazone groups is 1. The molecule has 0 saturated heterocycles. The highest BCUT2D eigenvalue weighted by Crippen LogP contribution is 2.18. The number of aromatic carboxylic acids is 1. The number of anilines is 1. The van der Waals surface area contributed by atoms with Crippen molar-refractivity contribution in [3.63, 3.8) is 0 Å². The first kappa shape index (κ1) is 19.0. The van der Waals surface area contributed by atoms with Crippen molar-refractivity contribution in [3.8, 4) is 0 Å². The molecule has 0 bridgehead atoms. The topological polar surface area (TPSA) is 144 Å². The fourth-order valence-electron chi connectivity index (χ4n) is 1.91. The van der Waals surface area contributed by atoms with E-state index in [1.54, 1.807) is 12.3 Å². The van der Waals surface area contributed by atoms with E-state index in [4.69, 9.17) is 9.84 Å². The number of nitrogens with one attached hydrogen (secondary N) is 1. The summed E-state index contributed by atoms with van der Waals surface area (Å²) in [7, 11) is 0. The van der Waals surface area contributed by atoms with Gasteiger partial charge in [-0.05, 0) is 13.0 Å². The predicted molar refractivity (Wildman–Crippen MR) is 93.7 cm³/mol. The normalized spacial score (nSPS) is 10.7. The van der Waals surface area contributed by atoms with Gasteiger partial charge in [0.1, 0.15) is 0 Å². The predicted octanol–water partition coefficient (Wildman–Crippen LogP) is 2.30. The van der Waals surface area contributed by atoms with Crippen molar-refractivity contribution < 1.29 is 24.4 Å². The summed E-state index contributed by atoms with van der Waals surface area (Å²) < 4.78 is 4.83. The van der Waals surface area contributed by atoms with Crippen molar-refractivity contribution in [1.82, 2.24) is 4.98 Å². The van der Waals surface area contributed by atoms with Crippen LogP contribution in [0, 0.1) is 10.1 Å². The number of hydrogen-bond donors (Lipinski definition) is 2. The fraction of sp³-hybridized carbons (Fsp3) is 0.200. The molecule has 0 aliphatic heterocycles. The number of ether oxygens (including phenoxy) is 1. The molecule has 0 saturated carbocycles. The second-order valence-corrected chi connectivity index (χ2v) is 5.69. The zero-order chi connectivity index (χ0) is 19.1. The van der Waals surface area contributed by atoms with E-state index in [-0.39, 0.29) is 29.2 Å². The second kappa shape index (κ2) is 8.67. The third kappa shape index (κ3) is 5.08. The van der Waals surface area contributed by atoms with E-state index in [1.807, 2.05) is 0 Å². The minimum atomic E-state index is -1.30. The Morgan fingerprint density at radius 1 is 1.50 bits per heavy atom. The van der Waals surface area contributed by atoms with Crippen molar-refractivity contribution >= 4 is 40.3 Å². The molecule has 0 fully saturated rings. The van der Waals surface area contributed by atoms with Crippen LogP contribution in [0.2, 0.25) is 0 Å². The Morgan fingerprint density at radius 3 is 2.92 bits per heavy atom. The number of rotatable bonds is 8. The van der Waals surface area contributed by atoms with E-state index >= 15 is 0 Å². The van der Waals surface area contributed by atoms with E-state index in [0.29, 0.717) is 17.4 Å². The van der Waals surface area contributed by atoms with E-state index < -0.39 is 10.9 Å². The number of nitro groups is 1. The zero-order valence-corrected chi connectivity index (χ0v) is 14.4. The third-order valence-corrected chi connectivity index (χ3v) is 3.82. The Bertz CT molecular complexity index is 864. The van der Waals surface area contributed by atoms with Crippen LogP contribution < -0.4 is 5.43 Å². The summed E-state index contributed by atoms with van der Waals surface area (Å²) in [6, 6.07) is 3.44. The molecule has 0 aliphatic rings. The summed E-state index contributed by atoms with van der Waals surface area (Å²) in [6.45, 7) is 2.00. The van der Waals surface area contributed by atoms with Crippen LogP contribution in [0.25, 0.3) is 0 Å². The number of hydrogen-bond acceptors (Lipinski definition) is 9. The quantitative estimate of drug-likeness (QED) is 0.308. The summed E-state index contributed by atoms with van der Waals surface area (Å²) in [5, 5.41) is 25.8. The van der Waals surface area contributed by atoms with Gasteiger partial charge in [-0.1, -0.05) is 0 Å². The highest BCUT2D eigenvalue weighted by molar-refractivity contribution is 7.13. The van der Waals surface area contributed by atoms with Gasteiger partial charge >= 0.3 is 11.9 Å². The van der Waals surface area contributed by atoms with Crippen LogP contribution in [-0.2, 0) is 16.0 Å². The van der Waals surface area contributed by atoms with Crippen LogP contribution in [0.4, 0.5) is 10.8 Å². The number of carboxylic acid groups (broad SMARTS) is 1. The Kier molecular flexibility index (Phi) is 6.33. The molecule has 0 atom stereocenters. The van der Waals surface area contributed by atoms with Gasteiger partial charge in [-0.15, -0.1) is 11.3 Å². The molecular weight excluding hydrogens is 364 g/mol. The van der Waals surface area contributed by atoms with Crippen molar-refractivity contribution in [2.45, 2.75) is 13.3 Å². The van der Waals surface area contributed by atoms with Crippen LogP contribution in [0.5, 0.6) is 0 Å². The Labute approximate surface area is 151 Å². The molecular formula is C15H14N4O6S. The van der Waals surface area contributed by atoms with Crippen LogP contribution in [0.1, 0.15) is 28.5 Å². The summed E-state index contributed by atoms with van der Waals surface area (Å²) in [6.07, 6.45) is 1.26. The maximum atomic E-state index is 11.4. The number of benzene rings is 1. The lowest BCUT2D eigenvalue weighted by atomic mass is 10.1. The molecule has 2 N–H and O–H groups in total. The highest BCUT2D eigenvalue weighted by atomic mass is 32.1. The van der Waals surface area contributed by atoms with Crippen molar-refractivity contribution in [2.75, 3.05) is 12.0 Å². The lowest BCUT2D eigenvalue weighted by molar-refractivity contribution is -0.384. The van der Waals surface area contributed by atoms with Gasteiger partial charge in [-0.25, -0.2) is 9.78 Å². The minimum absolute atomic E-state index is 0.0429. The number of nitrogens with zero attached hydrogens (tertiary/aromatic N) is 3. The van der Waals surface area contributed by atoms with Crippen LogP contribution in [0.3, 0.4) is 0 Å². The van der Waals surface area contributed by atoms with E-state index in [0.717, 1.165) is 6.07 Å². The number of esters is 1. The van der Waals surface area contributed by atoms with E-state index in [1.165, 1.54) is 29.7 Å². The maximum absolute atomic E-state index is 11.4. The maximum Gasteiger partial charge on any atom is 0.336 e. The third-order valence-electron chi connectivity index (χ3n) is 3.02. The van der Waals surface area contributed by atoms with Gasteiger partial charge in [-0.3, -0.25) is 20.3 Å². The summed E-state index contributed by atoms with van der Waals surface area (Å²) in [5.74, 6) is -1.69. The molecule has 2 rings (SSSR count). The van der Waals surface area contributed by atoms with Gasteiger partial charge in [0.2, 0.25) is 5.13 Å². The molecule has 0 spiro atoms. The Morgan fingerprint density at radius 2 is 2.27 bits per heavy atom. The molecule has 0 aliphatic carbocycles. The van der Waals surface area contributed by atoms with Gasteiger partial charge in [0, 0.05) is 23.1 Å². The number of nitro benzene ring substituents is 1. The first-order chi connectivity index (χ1) is 12.4. The molecule has 1 heterocycles. The average Bonchev–Trinajstić information content (AvgIpc) is 3.02. The van der Waals surface area contributed by atoms with Crippen LogP contribution in [0.15, 0.2) is 28.7 Å². The summed E-state index contributed by atoms with van der Waals surface area (Å²) in [4.78, 5) is 36.8. The molecule has 10 nitrogen and oxygen atoms in total. The largest absolute Gasteiger partial charge is 0.478 e. The molecule has 1 aromatic heterocycles. The molecule has 1 aromatic carbocycles. The number of carbonyl (C=O) groups is 2. The minimum Gasteiger partial charge on any atom is -0.478 e. The van der Waals surface area contributed by atoms with Gasteiger partial charge in [0.05, 0.1) is 35.4 Å². The van der Waals surface area contributed by atoms with Gasteiger partial charge in [0.15, 0.2) is 0 Å². The number of aromatic nitrogens is 1. The standard InChI is InChI=1S/C15H14N4O6S/c1-2-25-13(20)5-10-8-26-15(17-10)18-16-7-9-3-4-11(19(23)24)6-12(9)14(21)22/h3-4,6-8H,2,5H2,1H3,(H,17,18)(H,21,22). The van der Waals surface area contributed by atoms with Crippen molar-refractivity contribution in [1.29, 1.82) is 0 Å². The van der Waals surface area contributed by atoms with Gasteiger partial charge in [0.25, 0.3) is 5.69 Å². The zero-order valence-electron chi connectivity index (χ0n) is 13.5. The number of thiazole rings is 1. The highest BCUT2D eigenvalue weighted by Gasteiger charge is 2.15. The lowest BCUT2D eigenvalue weighted by Crippen LogP contribution is -2.07. The van der Waals surface area contributed by atoms with E-state index in [9.17, 15) is 19.7 Å². The number of carbonyl (C=O) groups excluding carboxylic acids is 1. The average molecular weight is 378 g/mol. The Hall–Kier alpha value is -3.34. The number of carboxylic acids is 1. The van der Waals surface area contributed by atoms with Gasteiger partial charge < -0.3 is 9.84 Å². The SMILES string of the molecule is CCOC(=O)Cc1csc(NN=Cc2ccc([N+](=O)[O-])cc2C(=O)O)n1. The fourth-order valence-corrected chi connectivity index (χ4v) is 2.57. The first-order valence-electron chi connectivity index (χ1n) is 7.31. The number of non-ortho nitro benzene ring substituents is 1. The second-order valence-electron chi connectivity index (χ2n) is 4.83. The Balaban J connectivity index is 2.07. The molecule has 2 aromatic rings. The molecule has 0 amide bonds. The summed E-state index contributed by atoms with van der Waals surface area (Å²) >= 11 is 1.21. The van der Waals surface area contributed by atoms with Crippen molar-refractivity contribution in [2.24, 2.45) is 5.10 Å².